The average molecular weight is 484 g/mol. The number of benzene rings is 1. The number of halogens is 1. The first-order valence-electron chi connectivity index (χ1n) is 11.4. The van der Waals surface area contributed by atoms with Gasteiger partial charge in [0.15, 0.2) is 0 Å². The van der Waals surface area contributed by atoms with Crippen LogP contribution in [0.15, 0.2) is 36.7 Å². The van der Waals surface area contributed by atoms with Crippen molar-refractivity contribution in [3.63, 3.8) is 0 Å². The van der Waals surface area contributed by atoms with E-state index in [0.29, 0.717) is 47.7 Å². The minimum atomic E-state index is -0.260. The molecule has 1 saturated heterocycles. The maximum atomic E-state index is 13.0. The van der Waals surface area contributed by atoms with Crippen molar-refractivity contribution >= 4 is 29.4 Å². The maximum absolute atomic E-state index is 13.0. The normalized spacial score (nSPS) is 16.4. The Morgan fingerprint density at radius 1 is 1.29 bits per heavy atom. The van der Waals surface area contributed by atoms with Gasteiger partial charge in [0.25, 0.3) is 5.91 Å². The number of nitrogens with zero attached hydrogens (tertiary/aromatic N) is 3. The first-order chi connectivity index (χ1) is 16.1. The lowest BCUT2D eigenvalue weighted by Gasteiger charge is -2.23. The summed E-state index contributed by atoms with van der Waals surface area (Å²) in [6.45, 7) is 11.6. The second kappa shape index (κ2) is 9.72. The summed E-state index contributed by atoms with van der Waals surface area (Å²) in [5.74, 6) is 0.0404. The number of aromatic nitrogens is 2. The molecular formula is C25H30ClN5O3. The molecule has 1 fully saturated rings. The SMILES string of the molecule is C=C(NC(=O)CN1Cc2ccc(-c3nc(NC4CCOCC4)ncc3Cl)cc2C1=O)C(C)(C)C. The molecule has 2 aromatic rings. The molecule has 0 bridgehead atoms. The van der Waals surface area contributed by atoms with Crippen LogP contribution in [0.4, 0.5) is 5.95 Å². The number of anilines is 1. The van der Waals surface area contributed by atoms with Crippen LogP contribution in [-0.2, 0) is 16.1 Å². The van der Waals surface area contributed by atoms with Crippen molar-refractivity contribution in [1.29, 1.82) is 0 Å². The first kappa shape index (κ1) is 24.2. The van der Waals surface area contributed by atoms with Crippen LogP contribution in [0.1, 0.15) is 49.5 Å². The summed E-state index contributed by atoms with van der Waals surface area (Å²) >= 11 is 6.41. The van der Waals surface area contributed by atoms with E-state index in [1.54, 1.807) is 12.3 Å². The molecule has 0 unspecified atom stereocenters. The summed E-state index contributed by atoms with van der Waals surface area (Å²) < 4.78 is 5.40. The van der Waals surface area contributed by atoms with E-state index >= 15 is 0 Å². The zero-order valence-corrected chi connectivity index (χ0v) is 20.5. The minimum absolute atomic E-state index is 0.0363. The summed E-state index contributed by atoms with van der Waals surface area (Å²) in [6, 6.07) is 5.82. The zero-order chi connectivity index (χ0) is 24.5. The molecule has 3 heterocycles. The van der Waals surface area contributed by atoms with Crippen molar-refractivity contribution in [2.45, 2.75) is 46.2 Å². The van der Waals surface area contributed by atoms with Crippen molar-refractivity contribution in [1.82, 2.24) is 20.2 Å². The monoisotopic (exact) mass is 483 g/mol. The van der Waals surface area contributed by atoms with Gasteiger partial charge in [-0.15, -0.1) is 0 Å². The molecule has 1 aromatic heterocycles. The quantitative estimate of drug-likeness (QED) is 0.644. The molecule has 0 radical (unpaired) electrons. The van der Waals surface area contributed by atoms with E-state index in [0.717, 1.165) is 24.0 Å². The number of ether oxygens (including phenoxy) is 1. The smallest absolute Gasteiger partial charge is 0.254 e. The van der Waals surface area contributed by atoms with Gasteiger partial charge in [0.05, 0.1) is 16.9 Å². The maximum Gasteiger partial charge on any atom is 0.254 e. The highest BCUT2D eigenvalue weighted by molar-refractivity contribution is 6.33. The standard InChI is InChI=1S/C25H30ClN5O3/c1-15(25(2,3)4)28-21(32)14-31-13-17-6-5-16(11-19(17)23(31)33)22-20(26)12-27-24(30-22)29-18-7-9-34-10-8-18/h5-6,11-12,18H,1,7-10,13-14H2,2-4H3,(H,28,32)(H,27,29,30). The van der Waals surface area contributed by atoms with Crippen molar-refractivity contribution in [2.75, 3.05) is 25.1 Å². The van der Waals surface area contributed by atoms with Gasteiger partial charge in [0, 0.05) is 48.0 Å². The molecule has 2 aliphatic rings. The fourth-order valence-electron chi connectivity index (χ4n) is 3.87. The zero-order valence-electron chi connectivity index (χ0n) is 19.8. The fraction of sp³-hybridized carbons (Fsp3) is 0.440. The summed E-state index contributed by atoms with van der Waals surface area (Å²) in [5.41, 5.74) is 3.06. The van der Waals surface area contributed by atoms with Crippen LogP contribution in [0, 0.1) is 5.41 Å². The number of rotatable bonds is 6. The second-order valence-corrected chi connectivity index (χ2v) is 10.1. The Morgan fingerprint density at radius 3 is 2.74 bits per heavy atom. The van der Waals surface area contributed by atoms with E-state index in [1.165, 1.54) is 4.90 Å². The average Bonchev–Trinajstić information content (AvgIpc) is 3.09. The highest BCUT2D eigenvalue weighted by Gasteiger charge is 2.30. The molecule has 2 amide bonds. The van der Waals surface area contributed by atoms with Crippen molar-refractivity contribution in [3.05, 3.63) is 52.8 Å². The molecule has 8 nitrogen and oxygen atoms in total. The van der Waals surface area contributed by atoms with Gasteiger partial charge in [0.2, 0.25) is 11.9 Å². The lowest BCUT2D eigenvalue weighted by Crippen LogP contribution is -2.39. The van der Waals surface area contributed by atoms with Crippen molar-refractivity contribution in [3.8, 4) is 11.3 Å². The number of carbonyl (C=O) groups is 2. The van der Waals surface area contributed by atoms with Gasteiger partial charge in [0.1, 0.15) is 6.54 Å². The predicted octanol–water partition coefficient (Wildman–Crippen LogP) is 4.02. The molecular weight excluding hydrogens is 454 g/mol. The van der Waals surface area contributed by atoms with Crippen molar-refractivity contribution < 1.29 is 14.3 Å². The highest BCUT2D eigenvalue weighted by Crippen LogP contribution is 2.31. The van der Waals surface area contributed by atoms with E-state index in [1.807, 2.05) is 32.9 Å². The minimum Gasteiger partial charge on any atom is -0.381 e. The third-order valence-electron chi connectivity index (χ3n) is 6.09. The van der Waals surface area contributed by atoms with E-state index in [4.69, 9.17) is 16.3 Å². The number of fused-ring (bicyclic) bond motifs is 1. The molecule has 0 atom stereocenters. The molecule has 2 N–H and O–H groups in total. The van der Waals surface area contributed by atoms with Crippen LogP contribution in [0.2, 0.25) is 5.02 Å². The summed E-state index contributed by atoms with van der Waals surface area (Å²) in [4.78, 5) is 36.0. The predicted molar refractivity (Wildman–Crippen MR) is 131 cm³/mol. The largest absolute Gasteiger partial charge is 0.381 e. The van der Waals surface area contributed by atoms with Gasteiger partial charge in [-0.05, 0) is 24.5 Å². The van der Waals surface area contributed by atoms with E-state index in [-0.39, 0.29) is 29.8 Å². The van der Waals surface area contributed by atoms with Gasteiger partial charge in [-0.3, -0.25) is 9.59 Å². The van der Waals surface area contributed by atoms with Gasteiger partial charge in [-0.1, -0.05) is 51.1 Å². The Hall–Kier alpha value is -2.97. The topological polar surface area (TPSA) is 96.5 Å². The fourth-order valence-corrected chi connectivity index (χ4v) is 4.07. The van der Waals surface area contributed by atoms with E-state index in [2.05, 4.69) is 27.2 Å². The summed E-state index contributed by atoms with van der Waals surface area (Å²) in [6.07, 6.45) is 3.35. The highest BCUT2D eigenvalue weighted by atomic mass is 35.5. The second-order valence-electron chi connectivity index (χ2n) is 9.73. The Kier molecular flexibility index (Phi) is 6.91. The lowest BCUT2D eigenvalue weighted by molar-refractivity contribution is -0.121. The number of carbonyl (C=O) groups excluding carboxylic acids is 2. The van der Waals surface area contributed by atoms with Crippen LogP contribution in [0.5, 0.6) is 0 Å². The van der Waals surface area contributed by atoms with E-state index in [9.17, 15) is 9.59 Å². The molecule has 0 saturated carbocycles. The summed E-state index contributed by atoms with van der Waals surface area (Å²) in [5, 5.41) is 6.55. The van der Waals surface area contributed by atoms with Gasteiger partial charge >= 0.3 is 0 Å². The van der Waals surface area contributed by atoms with Crippen LogP contribution in [0.25, 0.3) is 11.3 Å². The molecule has 34 heavy (non-hydrogen) atoms. The lowest BCUT2D eigenvalue weighted by atomic mass is 9.93. The molecule has 0 aliphatic carbocycles. The van der Waals surface area contributed by atoms with Crippen LogP contribution in [0.3, 0.4) is 0 Å². The van der Waals surface area contributed by atoms with Gasteiger partial charge in [-0.25, -0.2) is 9.97 Å². The van der Waals surface area contributed by atoms with Gasteiger partial charge < -0.3 is 20.3 Å². The van der Waals surface area contributed by atoms with E-state index < -0.39 is 0 Å². The van der Waals surface area contributed by atoms with Gasteiger partial charge in [-0.2, -0.15) is 0 Å². The Labute approximate surface area is 204 Å². The number of hydrogen-bond donors (Lipinski definition) is 2. The Morgan fingerprint density at radius 2 is 2.03 bits per heavy atom. The molecule has 180 valence electrons. The Balaban J connectivity index is 1.49. The summed E-state index contributed by atoms with van der Waals surface area (Å²) in [7, 11) is 0. The number of nitrogens with one attached hydrogen (secondary N) is 2. The molecule has 0 spiro atoms. The molecule has 4 rings (SSSR count). The molecule has 9 heteroatoms. The number of amides is 2. The van der Waals surface area contributed by atoms with Crippen LogP contribution < -0.4 is 10.6 Å². The first-order valence-corrected chi connectivity index (χ1v) is 11.8. The number of allylic oxidation sites excluding steroid dienone is 1. The third-order valence-corrected chi connectivity index (χ3v) is 6.37. The number of hydrogen-bond acceptors (Lipinski definition) is 6. The van der Waals surface area contributed by atoms with Crippen molar-refractivity contribution in [2.24, 2.45) is 5.41 Å². The van der Waals surface area contributed by atoms with Crippen LogP contribution >= 0.6 is 11.6 Å². The molecule has 1 aromatic carbocycles. The van der Waals surface area contributed by atoms with Crippen LogP contribution in [-0.4, -0.2) is 52.5 Å². The Bertz CT molecular complexity index is 1120. The third kappa shape index (κ3) is 5.39. The molecule has 2 aliphatic heterocycles.